The topological polar surface area (TPSA) is 93.9 Å². The maximum absolute atomic E-state index is 13.7. The first-order chi connectivity index (χ1) is 23.1. The summed E-state index contributed by atoms with van der Waals surface area (Å²) in [5, 5.41) is 3.50. The lowest BCUT2D eigenvalue weighted by Crippen LogP contribution is -2.30. The van der Waals surface area contributed by atoms with E-state index in [9.17, 15) is 9.59 Å². The Bertz CT molecular complexity index is 1180. The van der Waals surface area contributed by atoms with Crippen LogP contribution in [0.3, 0.4) is 0 Å². The van der Waals surface area contributed by atoms with Gasteiger partial charge in [0.05, 0.1) is 24.3 Å². The van der Waals surface area contributed by atoms with E-state index in [1.54, 1.807) is 24.3 Å². The molecule has 0 radical (unpaired) electrons. The summed E-state index contributed by atoms with van der Waals surface area (Å²) >= 11 is 0. The molecule has 1 aliphatic carbocycles. The van der Waals surface area contributed by atoms with Crippen molar-refractivity contribution in [2.24, 2.45) is 5.73 Å². The summed E-state index contributed by atoms with van der Waals surface area (Å²) in [6.07, 6.45) is 18.8. The lowest BCUT2D eigenvalue weighted by molar-refractivity contribution is 0.0971. The first-order valence-electron chi connectivity index (χ1n) is 18.9. The van der Waals surface area contributed by atoms with Gasteiger partial charge >= 0.3 is 0 Å². The van der Waals surface area contributed by atoms with Crippen LogP contribution >= 0.6 is 0 Å². The molecule has 0 saturated carbocycles. The molecule has 0 heterocycles. The third-order valence-electron chi connectivity index (χ3n) is 9.06. The Kier molecular flexibility index (Phi) is 19.4. The number of nitrogens with zero attached hydrogens (tertiary/aromatic N) is 1. The van der Waals surface area contributed by atoms with Gasteiger partial charge in [0, 0.05) is 11.1 Å². The van der Waals surface area contributed by atoms with Crippen molar-refractivity contribution >= 4 is 11.6 Å². The van der Waals surface area contributed by atoms with Gasteiger partial charge in [-0.2, -0.15) is 0 Å². The molecule has 0 saturated heterocycles. The highest BCUT2D eigenvalue weighted by Crippen LogP contribution is 2.39. The number of nitrogens with two attached hydrogens (primary N) is 1. The molecule has 0 fully saturated rings. The molecule has 1 aliphatic rings. The van der Waals surface area contributed by atoms with Gasteiger partial charge in [-0.1, -0.05) is 95.9 Å². The van der Waals surface area contributed by atoms with E-state index < -0.39 is 0 Å². The number of unbranched alkanes of at least 4 members (excludes halogenated alkanes) is 11. The number of ether oxygens (including phenoxy) is 2. The zero-order valence-corrected chi connectivity index (χ0v) is 29.6. The Morgan fingerprint density at radius 3 is 1.60 bits per heavy atom. The predicted molar refractivity (Wildman–Crippen MR) is 194 cm³/mol. The zero-order valence-electron chi connectivity index (χ0n) is 29.6. The second kappa shape index (κ2) is 23.6. The molecule has 2 aromatic rings. The summed E-state index contributed by atoms with van der Waals surface area (Å²) in [7, 11) is 0. The summed E-state index contributed by atoms with van der Waals surface area (Å²) in [4.78, 5) is 30.0. The Hall–Kier alpha value is -2.74. The van der Waals surface area contributed by atoms with E-state index in [2.05, 4.69) is 24.1 Å². The fraction of sp³-hybridized carbons (Fsp3) is 0.650. The van der Waals surface area contributed by atoms with Crippen molar-refractivity contribution in [3.63, 3.8) is 0 Å². The van der Waals surface area contributed by atoms with Gasteiger partial charge in [-0.05, 0) is 96.3 Å². The fourth-order valence-electron chi connectivity index (χ4n) is 6.34. The number of rotatable bonds is 28. The van der Waals surface area contributed by atoms with Gasteiger partial charge in [-0.25, -0.2) is 0 Å². The second-order valence-electron chi connectivity index (χ2n) is 13.0. The first kappa shape index (κ1) is 38.7. The molecule has 0 aromatic heterocycles. The molecule has 0 spiro atoms. The predicted octanol–water partition coefficient (Wildman–Crippen LogP) is 8.35. The van der Waals surface area contributed by atoms with Crippen LogP contribution in [0.25, 0.3) is 0 Å². The molecule has 47 heavy (non-hydrogen) atoms. The highest BCUT2D eigenvalue weighted by Gasteiger charge is 2.35. The summed E-state index contributed by atoms with van der Waals surface area (Å²) in [5.41, 5.74) is 7.30. The summed E-state index contributed by atoms with van der Waals surface area (Å²) < 4.78 is 12.4. The smallest absolute Gasteiger partial charge is 0.198 e. The normalized spacial score (nSPS) is 12.4. The molecule has 0 unspecified atom stereocenters. The van der Waals surface area contributed by atoms with Gasteiger partial charge in [0.25, 0.3) is 0 Å². The van der Waals surface area contributed by atoms with Crippen LogP contribution in [0, 0.1) is 0 Å². The number of nitrogens with one attached hydrogen (secondary N) is 1. The van der Waals surface area contributed by atoms with Crippen molar-refractivity contribution in [2.45, 2.75) is 117 Å². The summed E-state index contributed by atoms with van der Waals surface area (Å²) in [5.74, 6) is 0.622. The Balaban J connectivity index is 1.54. The summed E-state index contributed by atoms with van der Waals surface area (Å²) in [6.45, 7) is 11.5. The van der Waals surface area contributed by atoms with E-state index in [1.165, 1.54) is 51.4 Å². The Labute approximate surface area is 285 Å². The molecule has 3 N–H and O–H groups in total. The molecule has 0 bridgehead atoms. The van der Waals surface area contributed by atoms with Gasteiger partial charge in [0.15, 0.2) is 11.6 Å². The van der Waals surface area contributed by atoms with Crippen LogP contribution in [0.4, 0.5) is 0 Å². The number of fused-ring (bicyclic) bond motifs is 2. The fourth-order valence-corrected chi connectivity index (χ4v) is 6.34. The van der Waals surface area contributed by atoms with Crippen LogP contribution in [0.1, 0.15) is 148 Å². The minimum atomic E-state index is -0.169. The lowest BCUT2D eigenvalue weighted by Gasteiger charge is -2.23. The van der Waals surface area contributed by atoms with Crippen LogP contribution in [-0.4, -0.2) is 68.9 Å². The molecule has 7 nitrogen and oxygen atoms in total. The minimum Gasteiger partial charge on any atom is -0.493 e. The van der Waals surface area contributed by atoms with E-state index >= 15 is 0 Å². The maximum atomic E-state index is 13.7. The van der Waals surface area contributed by atoms with Gasteiger partial charge in [0.2, 0.25) is 0 Å². The van der Waals surface area contributed by atoms with Gasteiger partial charge in [-0.15, -0.1) is 0 Å². The molecular weight excluding hydrogens is 586 g/mol. The van der Waals surface area contributed by atoms with Crippen molar-refractivity contribution in [1.82, 2.24) is 10.2 Å². The quantitative estimate of drug-likeness (QED) is 0.0764. The number of carbonyl (C=O) groups excluding carboxylic acids is 2. The number of benzene rings is 2. The second-order valence-corrected chi connectivity index (χ2v) is 13.0. The van der Waals surface area contributed by atoms with Gasteiger partial charge < -0.3 is 25.4 Å². The van der Waals surface area contributed by atoms with Crippen LogP contribution in [-0.2, 0) is 0 Å². The Morgan fingerprint density at radius 2 is 1.06 bits per heavy atom. The van der Waals surface area contributed by atoms with Crippen LogP contribution in [0.15, 0.2) is 36.4 Å². The number of ketones is 2. The van der Waals surface area contributed by atoms with E-state index in [0.29, 0.717) is 47.0 Å². The number of hydrogen-bond donors (Lipinski definition) is 2. The van der Waals surface area contributed by atoms with Crippen LogP contribution in [0.2, 0.25) is 0 Å². The highest BCUT2D eigenvalue weighted by molar-refractivity contribution is 6.30. The SMILES string of the molecule is CCCCCCCCCCCCOc1ccc(OCCCCN(CCCCN)CCCNCCC)c2c1C(=O)c1ccccc1C2=O. The van der Waals surface area contributed by atoms with Crippen molar-refractivity contribution in [2.75, 3.05) is 52.5 Å². The monoisotopic (exact) mass is 649 g/mol. The van der Waals surface area contributed by atoms with Crippen LogP contribution in [0.5, 0.6) is 11.5 Å². The maximum Gasteiger partial charge on any atom is 0.198 e. The van der Waals surface area contributed by atoms with Crippen molar-refractivity contribution in [3.05, 3.63) is 58.7 Å². The third-order valence-corrected chi connectivity index (χ3v) is 9.06. The molecule has 0 aliphatic heterocycles. The Morgan fingerprint density at radius 1 is 0.574 bits per heavy atom. The molecular formula is C40H63N3O4. The standard InChI is InChI=1S/C40H63N3O4/c1-3-5-6-7-8-9-10-11-12-18-31-46-35-23-24-36(38-37(35)39(44)33-21-13-14-22-34(33)40(38)45)47-32-19-17-29-43(28-16-15-25-41)30-20-27-42-26-4-2/h13-14,21-24,42H,3-12,15-20,25-32,41H2,1-2H3. The molecule has 7 heteroatoms. The average Bonchev–Trinajstić information content (AvgIpc) is 3.09. The van der Waals surface area contributed by atoms with Crippen molar-refractivity contribution in [3.8, 4) is 11.5 Å². The van der Waals surface area contributed by atoms with Gasteiger partial charge in [-0.3, -0.25) is 9.59 Å². The first-order valence-corrected chi connectivity index (χ1v) is 18.9. The van der Waals surface area contributed by atoms with E-state index in [0.717, 1.165) is 90.6 Å². The largest absolute Gasteiger partial charge is 0.493 e. The molecule has 2 aromatic carbocycles. The van der Waals surface area contributed by atoms with Crippen molar-refractivity contribution < 1.29 is 19.1 Å². The molecule has 0 atom stereocenters. The average molecular weight is 650 g/mol. The molecule has 262 valence electrons. The van der Waals surface area contributed by atoms with Gasteiger partial charge in [0.1, 0.15) is 11.5 Å². The van der Waals surface area contributed by atoms with E-state index in [-0.39, 0.29) is 11.6 Å². The molecule has 3 rings (SSSR count). The lowest BCUT2D eigenvalue weighted by atomic mass is 9.83. The number of carbonyl (C=O) groups is 2. The van der Waals surface area contributed by atoms with Crippen molar-refractivity contribution in [1.29, 1.82) is 0 Å². The number of hydrogen-bond acceptors (Lipinski definition) is 7. The minimum absolute atomic E-state index is 0.166. The highest BCUT2D eigenvalue weighted by atomic mass is 16.5. The summed E-state index contributed by atoms with van der Waals surface area (Å²) in [6, 6.07) is 10.7. The van der Waals surface area contributed by atoms with E-state index in [1.807, 2.05) is 12.1 Å². The van der Waals surface area contributed by atoms with E-state index in [4.69, 9.17) is 15.2 Å². The zero-order chi connectivity index (χ0) is 33.5. The van der Waals surface area contributed by atoms with Crippen LogP contribution < -0.4 is 20.5 Å². The molecule has 0 amide bonds. The third kappa shape index (κ3) is 13.4.